The zero-order chi connectivity index (χ0) is 20.0. The van der Waals surface area contributed by atoms with Crippen LogP contribution in [0.2, 0.25) is 5.02 Å². The fraction of sp³-hybridized carbons (Fsp3) is 0.211. The Bertz CT molecular complexity index is 828. The molecule has 27 heavy (non-hydrogen) atoms. The molecule has 0 unspecified atom stereocenters. The first kappa shape index (κ1) is 20.6. The summed E-state index contributed by atoms with van der Waals surface area (Å²) in [6.07, 6.45) is -2.12. The molecule has 8 heteroatoms. The maximum absolute atomic E-state index is 12.9. The van der Waals surface area contributed by atoms with Gasteiger partial charge in [-0.15, -0.1) is 0 Å². The minimum absolute atomic E-state index is 0.200. The molecule has 0 spiro atoms. The van der Waals surface area contributed by atoms with Crippen molar-refractivity contribution in [1.29, 1.82) is 0 Å². The Morgan fingerprint density at radius 3 is 2.30 bits per heavy atom. The lowest BCUT2D eigenvalue weighted by Gasteiger charge is -2.09. The van der Waals surface area contributed by atoms with Crippen molar-refractivity contribution >= 4 is 23.6 Å². The first-order valence-corrected chi connectivity index (χ1v) is 8.15. The van der Waals surface area contributed by atoms with Crippen LogP contribution in [0.25, 0.3) is 6.08 Å². The molecule has 1 N–H and O–H groups in total. The van der Waals surface area contributed by atoms with Gasteiger partial charge < -0.3 is 14.8 Å². The molecular formula is C19H17ClF3NO3. The topological polar surface area (TPSA) is 47.6 Å². The Kier molecular flexibility index (Phi) is 6.74. The summed E-state index contributed by atoms with van der Waals surface area (Å²) in [5, 5.41) is 2.25. The van der Waals surface area contributed by atoms with Crippen LogP contribution in [-0.2, 0) is 17.5 Å². The normalized spacial score (nSPS) is 11.5. The second-order valence-corrected chi connectivity index (χ2v) is 5.92. The zero-order valence-electron chi connectivity index (χ0n) is 14.6. The molecule has 0 bridgehead atoms. The number of nitrogens with one attached hydrogen (secondary N) is 1. The third-order valence-electron chi connectivity index (χ3n) is 3.60. The third-order valence-corrected chi connectivity index (χ3v) is 3.93. The van der Waals surface area contributed by atoms with Gasteiger partial charge in [-0.2, -0.15) is 13.2 Å². The van der Waals surface area contributed by atoms with Gasteiger partial charge in [-0.3, -0.25) is 4.79 Å². The Balaban J connectivity index is 2.04. The van der Waals surface area contributed by atoms with E-state index in [0.717, 1.165) is 23.8 Å². The van der Waals surface area contributed by atoms with Crippen LogP contribution >= 0.6 is 11.6 Å². The molecule has 0 aliphatic heterocycles. The molecule has 144 valence electrons. The summed E-state index contributed by atoms with van der Waals surface area (Å²) in [5.41, 5.74) is 0.0129. The van der Waals surface area contributed by atoms with E-state index in [1.54, 1.807) is 18.2 Å². The largest absolute Gasteiger partial charge is 0.497 e. The average molecular weight is 400 g/mol. The highest BCUT2D eigenvalue weighted by Crippen LogP contribution is 2.35. The number of carbonyl (C=O) groups excluding carboxylic acids is 1. The summed E-state index contributed by atoms with van der Waals surface area (Å²) in [4.78, 5) is 11.9. The lowest BCUT2D eigenvalue weighted by molar-refractivity contribution is -0.137. The summed E-state index contributed by atoms with van der Waals surface area (Å²) >= 11 is 5.57. The predicted octanol–water partition coefficient (Wildman–Crippen LogP) is 4.71. The van der Waals surface area contributed by atoms with Crippen molar-refractivity contribution in [1.82, 2.24) is 5.32 Å². The summed E-state index contributed by atoms with van der Waals surface area (Å²) in [6.45, 7) is 0.200. The first-order valence-electron chi connectivity index (χ1n) is 7.77. The van der Waals surface area contributed by atoms with Gasteiger partial charge in [0, 0.05) is 18.7 Å². The van der Waals surface area contributed by atoms with Crippen molar-refractivity contribution in [3.8, 4) is 11.5 Å². The standard InChI is InChI=1S/C19H17ClF3NO3/c1-26-14-7-13(8-15(10-14)27-2)11-24-18(25)6-4-12-3-5-17(20)16(9-12)19(21,22)23/h3-10H,11H2,1-2H3,(H,24,25)/b6-4+. The Labute approximate surface area is 159 Å². The molecule has 0 saturated heterocycles. The highest BCUT2D eigenvalue weighted by atomic mass is 35.5. The molecule has 2 rings (SSSR count). The number of methoxy groups -OCH3 is 2. The van der Waals surface area contributed by atoms with E-state index in [4.69, 9.17) is 21.1 Å². The van der Waals surface area contributed by atoms with Crippen molar-refractivity contribution in [2.24, 2.45) is 0 Å². The molecule has 2 aromatic carbocycles. The van der Waals surface area contributed by atoms with Gasteiger partial charge in [0.1, 0.15) is 11.5 Å². The number of alkyl halides is 3. The van der Waals surface area contributed by atoms with Crippen LogP contribution in [0.4, 0.5) is 13.2 Å². The van der Waals surface area contributed by atoms with Gasteiger partial charge in [0.2, 0.25) is 5.91 Å². The van der Waals surface area contributed by atoms with Crippen molar-refractivity contribution in [2.45, 2.75) is 12.7 Å². The van der Waals surface area contributed by atoms with E-state index in [1.165, 1.54) is 26.4 Å². The Morgan fingerprint density at radius 1 is 1.11 bits per heavy atom. The lowest BCUT2D eigenvalue weighted by Crippen LogP contribution is -2.20. The number of halogens is 4. The second-order valence-electron chi connectivity index (χ2n) is 5.51. The van der Waals surface area contributed by atoms with Gasteiger partial charge in [0.25, 0.3) is 0 Å². The number of amides is 1. The predicted molar refractivity (Wildman–Crippen MR) is 96.9 cm³/mol. The molecule has 0 saturated carbocycles. The maximum Gasteiger partial charge on any atom is 0.417 e. The number of rotatable bonds is 6. The van der Waals surface area contributed by atoms with Crippen LogP contribution in [0.5, 0.6) is 11.5 Å². The van der Waals surface area contributed by atoms with E-state index >= 15 is 0 Å². The van der Waals surface area contributed by atoms with Gasteiger partial charge in [-0.1, -0.05) is 17.7 Å². The van der Waals surface area contributed by atoms with Crippen LogP contribution in [0.15, 0.2) is 42.5 Å². The molecule has 0 aromatic heterocycles. The molecule has 2 aromatic rings. The van der Waals surface area contributed by atoms with E-state index in [2.05, 4.69) is 5.32 Å². The molecular weight excluding hydrogens is 383 g/mol. The molecule has 0 aliphatic rings. The lowest BCUT2D eigenvalue weighted by atomic mass is 10.1. The number of hydrogen-bond donors (Lipinski definition) is 1. The summed E-state index contributed by atoms with van der Waals surface area (Å²) in [7, 11) is 3.03. The van der Waals surface area contributed by atoms with E-state index in [-0.39, 0.29) is 12.1 Å². The van der Waals surface area contributed by atoms with Crippen molar-refractivity contribution in [3.63, 3.8) is 0 Å². The fourth-order valence-electron chi connectivity index (χ4n) is 2.25. The average Bonchev–Trinajstić information content (AvgIpc) is 2.64. The van der Waals surface area contributed by atoms with Crippen LogP contribution in [0.1, 0.15) is 16.7 Å². The van der Waals surface area contributed by atoms with Crippen molar-refractivity contribution in [3.05, 3.63) is 64.2 Å². The minimum atomic E-state index is -4.56. The molecule has 1 amide bonds. The van der Waals surface area contributed by atoms with Crippen LogP contribution < -0.4 is 14.8 Å². The van der Waals surface area contributed by atoms with E-state index in [0.29, 0.717) is 11.5 Å². The summed E-state index contributed by atoms with van der Waals surface area (Å²) in [6, 6.07) is 8.60. The molecule has 0 aliphatic carbocycles. The van der Waals surface area contributed by atoms with Gasteiger partial charge in [0.15, 0.2) is 0 Å². The highest BCUT2D eigenvalue weighted by molar-refractivity contribution is 6.31. The zero-order valence-corrected chi connectivity index (χ0v) is 15.3. The van der Waals surface area contributed by atoms with Crippen LogP contribution in [0, 0.1) is 0 Å². The third kappa shape index (κ3) is 5.92. The number of carbonyl (C=O) groups is 1. The van der Waals surface area contributed by atoms with Crippen molar-refractivity contribution in [2.75, 3.05) is 14.2 Å². The van der Waals surface area contributed by atoms with E-state index < -0.39 is 22.7 Å². The van der Waals surface area contributed by atoms with E-state index in [1.807, 2.05) is 0 Å². The molecule has 0 atom stereocenters. The van der Waals surface area contributed by atoms with Crippen molar-refractivity contribution < 1.29 is 27.4 Å². The first-order chi connectivity index (χ1) is 12.7. The van der Waals surface area contributed by atoms with Crippen LogP contribution in [0.3, 0.4) is 0 Å². The summed E-state index contributed by atoms with van der Waals surface area (Å²) < 4.78 is 48.9. The smallest absolute Gasteiger partial charge is 0.417 e. The van der Waals surface area contributed by atoms with Gasteiger partial charge in [0.05, 0.1) is 24.8 Å². The monoisotopic (exact) mass is 399 g/mol. The van der Waals surface area contributed by atoms with Gasteiger partial charge in [-0.25, -0.2) is 0 Å². The van der Waals surface area contributed by atoms with Gasteiger partial charge >= 0.3 is 6.18 Å². The SMILES string of the molecule is COc1cc(CNC(=O)/C=C/c2ccc(Cl)c(C(F)(F)F)c2)cc(OC)c1. The molecule has 0 fully saturated rings. The number of ether oxygens (including phenoxy) is 2. The van der Waals surface area contributed by atoms with Crippen LogP contribution in [-0.4, -0.2) is 20.1 Å². The number of hydrogen-bond acceptors (Lipinski definition) is 3. The number of benzene rings is 2. The van der Waals surface area contributed by atoms with Gasteiger partial charge in [-0.05, 0) is 41.5 Å². The quantitative estimate of drug-likeness (QED) is 0.716. The Hall–Kier alpha value is -2.67. The fourth-order valence-corrected chi connectivity index (χ4v) is 2.48. The van der Waals surface area contributed by atoms with E-state index in [9.17, 15) is 18.0 Å². The molecule has 0 radical (unpaired) electrons. The highest BCUT2D eigenvalue weighted by Gasteiger charge is 2.33. The summed E-state index contributed by atoms with van der Waals surface area (Å²) in [5.74, 6) is 0.699. The molecule has 0 heterocycles. The molecule has 4 nitrogen and oxygen atoms in total. The maximum atomic E-state index is 12.9. The Morgan fingerprint density at radius 2 is 1.74 bits per heavy atom. The minimum Gasteiger partial charge on any atom is -0.497 e. The second kappa shape index (κ2) is 8.81.